The summed E-state index contributed by atoms with van der Waals surface area (Å²) in [7, 11) is 0. The minimum Gasteiger partial charge on any atom is -0.313 e. The molecule has 0 bridgehead atoms. The van der Waals surface area contributed by atoms with Gasteiger partial charge in [-0.3, -0.25) is 20.2 Å². The van der Waals surface area contributed by atoms with Gasteiger partial charge in [0.2, 0.25) is 0 Å². The van der Waals surface area contributed by atoms with E-state index >= 15 is 0 Å². The number of carbonyl (C=O) groups excluding carboxylic acids is 1. The molecule has 0 saturated heterocycles. The van der Waals surface area contributed by atoms with E-state index in [9.17, 15) is 4.79 Å². The molecule has 1 fully saturated rings. The molecule has 0 spiro atoms. The molecule has 0 atom stereocenters. The number of aliphatic imine (C=N–C) groups is 2. The quantitative estimate of drug-likeness (QED) is 0.480. The summed E-state index contributed by atoms with van der Waals surface area (Å²) in [5.74, 6) is 0.309. The number of nitrogens with one attached hydrogen (secondary N) is 2. The number of Topliss-reactive ketones (excluding diaryl/α,β-unsaturated/α-hetero) is 1. The van der Waals surface area contributed by atoms with Gasteiger partial charge in [-0.1, -0.05) is 49.6 Å². The Hall–Kier alpha value is -3.21. The monoisotopic (exact) mass is 400 g/mol. The summed E-state index contributed by atoms with van der Waals surface area (Å²) in [6.07, 6.45) is 9.40. The third-order valence-corrected chi connectivity index (χ3v) is 5.37. The molecule has 0 aromatic heterocycles. The zero-order chi connectivity index (χ0) is 21.2. The lowest BCUT2D eigenvalue weighted by molar-refractivity contribution is -0.111. The first-order chi connectivity index (χ1) is 14.7. The molecular formula is C25H28N4O. The second-order valence-electron chi connectivity index (χ2n) is 7.54. The lowest BCUT2D eigenvalue weighted by Crippen LogP contribution is -2.23. The molecule has 5 nitrogen and oxygen atoms in total. The van der Waals surface area contributed by atoms with E-state index in [1.807, 2.05) is 30.3 Å². The van der Waals surface area contributed by atoms with Gasteiger partial charge in [0.15, 0.2) is 5.78 Å². The fourth-order valence-corrected chi connectivity index (χ4v) is 3.72. The van der Waals surface area contributed by atoms with E-state index < -0.39 is 0 Å². The first-order valence-electron chi connectivity index (χ1n) is 10.5. The molecule has 1 aliphatic carbocycles. The molecular weight excluding hydrogens is 372 g/mol. The molecule has 154 valence electrons. The molecule has 30 heavy (non-hydrogen) atoms. The Bertz CT molecular complexity index is 923. The summed E-state index contributed by atoms with van der Waals surface area (Å²) < 4.78 is 0. The molecule has 0 heterocycles. The summed E-state index contributed by atoms with van der Waals surface area (Å²) in [6, 6.07) is 17.4. The Morgan fingerprint density at radius 3 is 2.30 bits per heavy atom. The standard InChI is InChI=1S/C25H28N4O/c26-17-15-23(29-22-9-5-2-6-10-22)25(27)24(30)16-18-28-21-13-11-20(12-14-21)19-7-3-1-4-8-19/h2,5-6,9-14,17-19,26-27H,1,3-4,7-8,15-16H2. The smallest absolute Gasteiger partial charge is 0.187 e. The largest absolute Gasteiger partial charge is 0.313 e. The van der Waals surface area contributed by atoms with E-state index in [0.717, 1.165) is 11.9 Å². The van der Waals surface area contributed by atoms with Crippen molar-refractivity contribution in [2.45, 2.75) is 50.9 Å². The van der Waals surface area contributed by atoms with Crippen LogP contribution in [0.15, 0.2) is 64.6 Å². The molecule has 0 aliphatic heterocycles. The molecule has 2 N–H and O–H groups in total. The van der Waals surface area contributed by atoms with Crippen molar-refractivity contribution in [3.63, 3.8) is 0 Å². The van der Waals surface area contributed by atoms with Gasteiger partial charge in [-0.25, -0.2) is 0 Å². The van der Waals surface area contributed by atoms with Crippen LogP contribution >= 0.6 is 0 Å². The number of nitrogens with zero attached hydrogens (tertiary/aromatic N) is 2. The van der Waals surface area contributed by atoms with Gasteiger partial charge in [0.25, 0.3) is 0 Å². The first-order valence-corrected chi connectivity index (χ1v) is 10.5. The van der Waals surface area contributed by atoms with Crippen LogP contribution in [0.1, 0.15) is 56.4 Å². The Labute approximate surface area is 178 Å². The number of hydrogen-bond acceptors (Lipinski definition) is 5. The maximum absolute atomic E-state index is 12.4. The van der Waals surface area contributed by atoms with Gasteiger partial charge < -0.3 is 5.41 Å². The third kappa shape index (κ3) is 6.14. The van der Waals surface area contributed by atoms with Crippen LogP contribution < -0.4 is 0 Å². The highest BCUT2D eigenvalue weighted by atomic mass is 16.1. The van der Waals surface area contributed by atoms with Crippen LogP contribution in [0.5, 0.6) is 0 Å². The third-order valence-electron chi connectivity index (χ3n) is 5.37. The molecule has 5 heteroatoms. The van der Waals surface area contributed by atoms with Crippen molar-refractivity contribution in [1.82, 2.24) is 0 Å². The number of rotatable bonds is 9. The second-order valence-corrected chi connectivity index (χ2v) is 7.54. The molecule has 0 unspecified atom stereocenters. The maximum Gasteiger partial charge on any atom is 0.187 e. The highest BCUT2D eigenvalue weighted by molar-refractivity contribution is 6.68. The van der Waals surface area contributed by atoms with E-state index in [0.29, 0.717) is 17.3 Å². The van der Waals surface area contributed by atoms with Crippen LogP contribution in [0.2, 0.25) is 0 Å². The topological polar surface area (TPSA) is 89.5 Å². The van der Waals surface area contributed by atoms with Gasteiger partial charge in [0.05, 0.1) is 17.1 Å². The number of benzene rings is 2. The number of ketones is 1. The van der Waals surface area contributed by atoms with Gasteiger partial charge in [-0.05, 0) is 48.6 Å². The molecule has 3 rings (SSSR count). The lowest BCUT2D eigenvalue weighted by Gasteiger charge is -2.21. The highest BCUT2D eigenvalue weighted by Crippen LogP contribution is 2.33. The predicted molar refractivity (Wildman–Crippen MR) is 125 cm³/mol. The predicted octanol–water partition coefficient (Wildman–Crippen LogP) is 6.23. The Kier molecular flexibility index (Phi) is 7.95. The SMILES string of the molecule is N=CCC(=Nc1ccccc1)C(=N)C(=O)CC=Nc1ccc(C2CCCCC2)cc1. The Morgan fingerprint density at radius 1 is 0.933 bits per heavy atom. The van der Waals surface area contributed by atoms with Crippen LogP contribution in [0, 0.1) is 10.8 Å². The molecule has 1 aliphatic rings. The lowest BCUT2D eigenvalue weighted by atomic mass is 9.84. The van der Waals surface area contributed by atoms with Gasteiger partial charge in [-0.15, -0.1) is 0 Å². The van der Waals surface area contributed by atoms with E-state index in [2.05, 4.69) is 22.1 Å². The summed E-state index contributed by atoms with van der Waals surface area (Å²) in [5.41, 5.74) is 2.98. The molecule has 0 amide bonds. The minimum atomic E-state index is -0.353. The van der Waals surface area contributed by atoms with Crippen molar-refractivity contribution < 1.29 is 4.79 Å². The average molecular weight is 401 g/mol. The first kappa shape index (κ1) is 21.5. The van der Waals surface area contributed by atoms with Crippen molar-refractivity contribution in [2.75, 3.05) is 0 Å². The van der Waals surface area contributed by atoms with E-state index in [1.54, 1.807) is 18.3 Å². The summed E-state index contributed by atoms with van der Waals surface area (Å²) in [4.78, 5) is 21.2. The van der Waals surface area contributed by atoms with E-state index in [-0.39, 0.29) is 24.3 Å². The Balaban J connectivity index is 1.59. The number of hydrogen-bond donors (Lipinski definition) is 2. The van der Waals surface area contributed by atoms with Crippen molar-refractivity contribution >= 4 is 41.0 Å². The van der Waals surface area contributed by atoms with Crippen LogP contribution in [-0.2, 0) is 4.79 Å². The van der Waals surface area contributed by atoms with Gasteiger partial charge in [0, 0.05) is 25.3 Å². The van der Waals surface area contributed by atoms with Crippen molar-refractivity contribution in [3.8, 4) is 0 Å². The average Bonchev–Trinajstić information content (AvgIpc) is 2.80. The van der Waals surface area contributed by atoms with Crippen LogP contribution in [0.25, 0.3) is 0 Å². The minimum absolute atomic E-state index is 0.0367. The van der Waals surface area contributed by atoms with Crippen LogP contribution in [0.3, 0.4) is 0 Å². The summed E-state index contributed by atoms with van der Waals surface area (Å²) >= 11 is 0. The van der Waals surface area contributed by atoms with Crippen molar-refractivity contribution in [2.24, 2.45) is 9.98 Å². The Morgan fingerprint density at radius 2 is 1.63 bits per heavy atom. The molecule has 2 aromatic carbocycles. The zero-order valence-corrected chi connectivity index (χ0v) is 17.2. The summed E-state index contributed by atoms with van der Waals surface area (Å²) in [5, 5.41) is 15.5. The molecule has 2 aromatic rings. The normalized spacial score (nSPS) is 15.3. The maximum atomic E-state index is 12.4. The molecule has 1 saturated carbocycles. The van der Waals surface area contributed by atoms with E-state index in [4.69, 9.17) is 10.8 Å². The van der Waals surface area contributed by atoms with Crippen molar-refractivity contribution in [3.05, 3.63) is 60.2 Å². The number of para-hydroxylation sites is 1. The zero-order valence-electron chi connectivity index (χ0n) is 17.2. The van der Waals surface area contributed by atoms with Crippen LogP contribution in [0.4, 0.5) is 11.4 Å². The highest BCUT2D eigenvalue weighted by Gasteiger charge is 2.16. The molecule has 0 radical (unpaired) electrons. The van der Waals surface area contributed by atoms with Crippen LogP contribution in [-0.4, -0.2) is 29.6 Å². The fraction of sp³-hybridized carbons (Fsp3) is 0.320. The van der Waals surface area contributed by atoms with E-state index in [1.165, 1.54) is 37.7 Å². The number of carbonyl (C=O) groups is 1. The van der Waals surface area contributed by atoms with Gasteiger partial charge in [0.1, 0.15) is 5.71 Å². The fourth-order valence-electron chi connectivity index (χ4n) is 3.72. The van der Waals surface area contributed by atoms with Gasteiger partial charge >= 0.3 is 0 Å². The van der Waals surface area contributed by atoms with Gasteiger partial charge in [-0.2, -0.15) is 0 Å². The van der Waals surface area contributed by atoms with Crippen molar-refractivity contribution in [1.29, 1.82) is 10.8 Å². The second kappa shape index (κ2) is 11.1. The summed E-state index contributed by atoms with van der Waals surface area (Å²) in [6.45, 7) is 0.